The molecule has 1 aromatic heterocycles. The van der Waals surface area contributed by atoms with Gasteiger partial charge in [-0.05, 0) is 66.1 Å². The monoisotopic (exact) mass is 480 g/mol. The lowest BCUT2D eigenvalue weighted by Gasteiger charge is -2.33. The number of hydrogen-bond donors (Lipinski definition) is 2. The van der Waals surface area contributed by atoms with Gasteiger partial charge in [-0.25, -0.2) is 4.98 Å². The van der Waals surface area contributed by atoms with Gasteiger partial charge in [0.15, 0.2) is 0 Å². The molecule has 0 aliphatic carbocycles. The molecule has 5 nitrogen and oxygen atoms in total. The van der Waals surface area contributed by atoms with Crippen LogP contribution in [-0.2, 0) is 6.42 Å². The highest BCUT2D eigenvalue weighted by Crippen LogP contribution is 2.33. The molecular formula is C27H27F3N4O. The first-order valence-electron chi connectivity index (χ1n) is 11.8. The number of benzene rings is 2. The number of carbonyl (C=O) groups is 1. The van der Waals surface area contributed by atoms with E-state index in [1.165, 1.54) is 4.90 Å². The van der Waals surface area contributed by atoms with Crippen LogP contribution in [0.4, 0.5) is 19.0 Å². The summed E-state index contributed by atoms with van der Waals surface area (Å²) in [4.78, 5) is 18.0. The van der Waals surface area contributed by atoms with Crippen molar-refractivity contribution in [3.63, 3.8) is 0 Å². The summed E-state index contributed by atoms with van der Waals surface area (Å²) in [6, 6.07) is 15.7. The maximum absolute atomic E-state index is 12.8. The van der Waals surface area contributed by atoms with Gasteiger partial charge in [-0.1, -0.05) is 36.4 Å². The molecule has 3 aromatic rings. The van der Waals surface area contributed by atoms with E-state index in [4.69, 9.17) is 5.73 Å². The van der Waals surface area contributed by atoms with Crippen LogP contribution in [0.2, 0.25) is 0 Å². The van der Waals surface area contributed by atoms with Crippen molar-refractivity contribution in [2.75, 3.05) is 31.9 Å². The van der Waals surface area contributed by atoms with Gasteiger partial charge >= 0.3 is 6.18 Å². The zero-order valence-corrected chi connectivity index (χ0v) is 19.2. The Kier molecular flexibility index (Phi) is 6.23. The Balaban J connectivity index is 1.37. The fourth-order valence-electron chi connectivity index (χ4n) is 5.13. The minimum atomic E-state index is -4.17. The number of hydrogen-bond acceptors (Lipinski definition) is 4. The second-order valence-corrected chi connectivity index (χ2v) is 9.35. The molecule has 0 radical (unpaired) electrons. The van der Waals surface area contributed by atoms with E-state index < -0.39 is 12.7 Å². The quantitative estimate of drug-likeness (QED) is 0.550. The number of halogens is 3. The number of fused-ring (bicyclic) bond motifs is 1. The first kappa shape index (κ1) is 23.4. The highest BCUT2D eigenvalue weighted by Gasteiger charge is 2.33. The molecule has 5 rings (SSSR count). The minimum Gasteiger partial charge on any atom is -0.383 e. The fraction of sp³-hybridized carbons (Fsp3) is 0.333. The lowest BCUT2D eigenvalue weighted by Crippen LogP contribution is -2.40. The van der Waals surface area contributed by atoms with Crippen LogP contribution >= 0.6 is 0 Å². The Morgan fingerprint density at radius 1 is 1.03 bits per heavy atom. The molecule has 2 aliphatic rings. The SMILES string of the molecule is Nc1ncc(-c2ccc(C3CCCN(CC(F)(F)F)C3)cc2)cc1-c1ccc2c(c1)CCNC2=O. The maximum atomic E-state index is 12.8. The molecule has 1 atom stereocenters. The summed E-state index contributed by atoms with van der Waals surface area (Å²) in [6.07, 6.45) is -0.0276. The van der Waals surface area contributed by atoms with Crippen LogP contribution in [0.1, 0.15) is 40.2 Å². The van der Waals surface area contributed by atoms with Crippen LogP contribution in [0.15, 0.2) is 54.7 Å². The van der Waals surface area contributed by atoms with E-state index in [-0.39, 0.29) is 11.8 Å². The summed E-state index contributed by atoms with van der Waals surface area (Å²) in [5.74, 6) is 0.447. The molecule has 35 heavy (non-hydrogen) atoms. The predicted molar refractivity (Wildman–Crippen MR) is 130 cm³/mol. The van der Waals surface area contributed by atoms with Gasteiger partial charge < -0.3 is 11.1 Å². The Morgan fingerprint density at radius 2 is 1.80 bits per heavy atom. The Morgan fingerprint density at radius 3 is 2.57 bits per heavy atom. The molecule has 2 aromatic carbocycles. The van der Waals surface area contributed by atoms with Crippen molar-refractivity contribution in [2.24, 2.45) is 0 Å². The van der Waals surface area contributed by atoms with Gasteiger partial charge in [-0.3, -0.25) is 9.69 Å². The number of pyridine rings is 1. The number of alkyl halides is 3. The number of nitrogens with one attached hydrogen (secondary N) is 1. The van der Waals surface area contributed by atoms with E-state index >= 15 is 0 Å². The van der Waals surface area contributed by atoms with Gasteiger partial charge in [-0.2, -0.15) is 13.2 Å². The van der Waals surface area contributed by atoms with Gasteiger partial charge in [0.2, 0.25) is 0 Å². The van der Waals surface area contributed by atoms with Crippen LogP contribution in [0.25, 0.3) is 22.3 Å². The highest BCUT2D eigenvalue weighted by molar-refractivity contribution is 5.97. The number of nitrogen functional groups attached to an aromatic ring is 1. The normalized spacial score (nSPS) is 18.7. The van der Waals surface area contributed by atoms with E-state index in [2.05, 4.69) is 10.3 Å². The van der Waals surface area contributed by atoms with Gasteiger partial charge in [0, 0.05) is 36.0 Å². The average molecular weight is 481 g/mol. The smallest absolute Gasteiger partial charge is 0.383 e. The van der Waals surface area contributed by atoms with Crippen molar-refractivity contribution < 1.29 is 18.0 Å². The highest BCUT2D eigenvalue weighted by atomic mass is 19.4. The molecule has 1 unspecified atom stereocenters. The third-order valence-corrected chi connectivity index (χ3v) is 6.88. The first-order chi connectivity index (χ1) is 16.8. The summed E-state index contributed by atoms with van der Waals surface area (Å²) in [5, 5.41) is 2.85. The molecular weight excluding hydrogens is 453 g/mol. The van der Waals surface area contributed by atoms with E-state index in [0.717, 1.165) is 52.6 Å². The molecule has 8 heteroatoms. The summed E-state index contributed by atoms with van der Waals surface area (Å²) < 4.78 is 38.5. The van der Waals surface area contributed by atoms with E-state index in [0.29, 0.717) is 31.0 Å². The summed E-state index contributed by atoms with van der Waals surface area (Å²) in [5.41, 5.74) is 12.5. The van der Waals surface area contributed by atoms with E-state index in [1.54, 1.807) is 6.20 Å². The van der Waals surface area contributed by atoms with Crippen molar-refractivity contribution in [1.29, 1.82) is 0 Å². The molecule has 182 valence electrons. The Bertz CT molecular complexity index is 1240. The minimum absolute atomic E-state index is 0.0581. The summed E-state index contributed by atoms with van der Waals surface area (Å²) >= 11 is 0. The number of amides is 1. The van der Waals surface area contributed by atoms with Crippen LogP contribution in [-0.4, -0.2) is 48.1 Å². The summed E-state index contributed by atoms with van der Waals surface area (Å²) in [7, 11) is 0. The van der Waals surface area contributed by atoms with Crippen LogP contribution in [0.3, 0.4) is 0 Å². The number of anilines is 1. The number of rotatable bonds is 4. The lowest BCUT2D eigenvalue weighted by molar-refractivity contribution is -0.148. The molecule has 1 fully saturated rings. The third-order valence-electron chi connectivity index (χ3n) is 6.88. The Hall–Kier alpha value is -3.39. The number of aromatic nitrogens is 1. The van der Waals surface area contributed by atoms with Crippen molar-refractivity contribution in [3.8, 4) is 22.3 Å². The molecule has 3 N–H and O–H groups in total. The van der Waals surface area contributed by atoms with Gasteiger partial charge in [0.1, 0.15) is 5.82 Å². The van der Waals surface area contributed by atoms with Crippen molar-refractivity contribution in [3.05, 3.63) is 71.4 Å². The fourth-order valence-corrected chi connectivity index (χ4v) is 5.13. The molecule has 0 saturated carbocycles. The van der Waals surface area contributed by atoms with Crippen molar-refractivity contribution >= 4 is 11.7 Å². The maximum Gasteiger partial charge on any atom is 0.401 e. The molecule has 0 bridgehead atoms. The van der Waals surface area contributed by atoms with Gasteiger partial charge in [0.05, 0.1) is 6.54 Å². The molecule has 1 saturated heterocycles. The number of nitrogens with zero attached hydrogens (tertiary/aromatic N) is 2. The van der Waals surface area contributed by atoms with Gasteiger partial charge in [0.25, 0.3) is 5.91 Å². The standard InChI is InChI=1S/C27H27F3N4O/c28-27(29,30)16-34-11-1-2-21(15-34)17-3-5-18(6-4-17)22-13-24(25(31)33-14-22)19-7-8-23-20(12-19)9-10-32-26(23)35/h3-8,12-14,21H,1-2,9-11,15-16H2,(H2,31,33)(H,32,35). The van der Waals surface area contributed by atoms with E-state index in [9.17, 15) is 18.0 Å². The molecule has 0 spiro atoms. The predicted octanol–water partition coefficient (Wildman–Crippen LogP) is 5.03. The topological polar surface area (TPSA) is 71.2 Å². The van der Waals surface area contributed by atoms with Crippen LogP contribution in [0.5, 0.6) is 0 Å². The van der Waals surface area contributed by atoms with Crippen molar-refractivity contribution in [2.45, 2.75) is 31.4 Å². The number of nitrogens with two attached hydrogens (primary N) is 1. The zero-order chi connectivity index (χ0) is 24.6. The van der Waals surface area contributed by atoms with Crippen LogP contribution < -0.4 is 11.1 Å². The van der Waals surface area contributed by atoms with Gasteiger partial charge in [-0.15, -0.1) is 0 Å². The third kappa shape index (κ3) is 5.17. The molecule has 3 heterocycles. The second-order valence-electron chi connectivity index (χ2n) is 9.35. The number of piperidine rings is 1. The van der Waals surface area contributed by atoms with E-state index in [1.807, 2.05) is 48.5 Å². The Labute approximate surface area is 202 Å². The van der Waals surface area contributed by atoms with Crippen molar-refractivity contribution in [1.82, 2.24) is 15.2 Å². The zero-order valence-electron chi connectivity index (χ0n) is 19.2. The molecule has 1 amide bonds. The second kappa shape index (κ2) is 9.34. The summed E-state index contributed by atoms with van der Waals surface area (Å²) in [6.45, 7) is 0.670. The van der Waals surface area contributed by atoms with Crippen LogP contribution in [0, 0.1) is 0 Å². The first-order valence-corrected chi connectivity index (χ1v) is 11.8. The number of carbonyl (C=O) groups excluding carboxylic acids is 1. The molecule has 2 aliphatic heterocycles. The largest absolute Gasteiger partial charge is 0.401 e. The number of likely N-dealkylation sites (tertiary alicyclic amines) is 1. The average Bonchev–Trinajstić information content (AvgIpc) is 2.84. The lowest BCUT2D eigenvalue weighted by atomic mass is 9.89.